The minimum Gasteiger partial charge on any atom is -0.508 e. The maximum atomic E-state index is 12.6. The normalized spacial score (nSPS) is 19.9. The molecule has 4 rings (SSSR count). The smallest absolute Gasteiger partial charge is 0.335 e. The Balaban J connectivity index is 1.61. The molecule has 0 radical (unpaired) electrons. The van der Waals surface area contributed by atoms with Crippen LogP contribution in [0.15, 0.2) is 77.7 Å². The number of sulfonamides is 1. The van der Waals surface area contributed by atoms with Crippen molar-refractivity contribution in [1.82, 2.24) is 14.1 Å². The summed E-state index contributed by atoms with van der Waals surface area (Å²) in [5, 5.41) is 19.4. The number of carboxylic acid groups (broad SMARTS) is 1. The van der Waals surface area contributed by atoms with E-state index in [-0.39, 0.29) is 34.3 Å². The highest BCUT2D eigenvalue weighted by molar-refractivity contribution is 7.89. The number of phenolic OH excluding ortho intramolecular Hbond substituents is 1. The first-order chi connectivity index (χ1) is 18.0. The number of benzene rings is 3. The Morgan fingerprint density at radius 3 is 2.18 bits per heavy atom. The molecule has 1 aliphatic rings. The van der Waals surface area contributed by atoms with E-state index >= 15 is 0 Å². The second kappa shape index (κ2) is 11.2. The van der Waals surface area contributed by atoms with Crippen LogP contribution in [0.2, 0.25) is 0 Å². The van der Waals surface area contributed by atoms with E-state index in [0.717, 1.165) is 29.8 Å². The van der Waals surface area contributed by atoms with Crippen LogP contribution in [0, 0.1) is 0 Å². The number of aromatic hydroxyl groups is 1. The van der Waals surface area contributed by atoms with Crippen molar-refractivity contribution in [3.63, 3.8) is 0 Å². The Morgan fingerprint density at radius 1 is 0.947 bits per heavy atom. The van der Waals surface area contributed by atoms with Gasteiger partial charge in [-0.25, -0.2) is 17.5 Å². The van der Waals surface area contributed by atoms with Crippen molar-refractivity contribution in [2.45, 2.75) is 43.4 Å². The van der Waals surface area contributed by atoms with Crippen molar-refractivity contribution in [1.29, 1.82) is 0 Å². The highest BCUT2D eigenvalue weighted by Gasteiger charge is 2.35. The molecule has 1 heterocycles. The fourth-order valence-corrected chi connectivity index (χ4v) is 6.00. The van der Waals surface area contributed by atoms with Gasteiger partial charge in [-0.2, -0.15) is 0 Å². The van der Waals surface area contributed by atoms with Gasteiger partial charge in [-0.15, -0.1) is 0 Å². The summed E-state index contributed by atoms with van der Waals surface area (Å²) in [6.07, 6.45) is 0. The van der Waals surface area contributed by atoms with E-state index in [0.29, 0.717) is 6.54 Å². The van der Waals surface area contributed by atoms with Gasteiger partial charge in [0.05, 0.1) is 16.5 Å². The zero-order chi connectivity index (χ0) is 27.6. The number of hydrogen-bond acceptors (Lipinski definition) is 6. The van der Waals surface area contributed by atoms with Gasteiger partial charge in [0.25, 0.3) is 0 Å². The van der Waals surface area contributed by atoms with Gasteiger partial charge in [0.15, 0.2) is 0 Å². The molecule has 202 valence electrons. The van der Waals surface area contributed by atoms with Gasteiger partial charge < -0.3 is 10.2 Å². The number of nitrogens with zero attached hydrogens (tertiary/aromatic N) is 3. The number of carbonyl (C=O) groups is 1. The van der Waals surface area contributed by atoms with E-state index in [4.69, 9.17) is 0 Å². The Hall–Kier alpha value is -3.24. The summed E-state index contributed by atoms with van der Waals surface area (Å²) < 4.78 is 26.4. The Kier molecular flexibility index (Phi) is 8.22. The summed E-state index contributed by atoms with van der Waals surface area (Å²) in [6.45, 7) is 6.62. The van der Waals surface area contributed by atoms with E-state index in [2.05, 4.69) is 23.6 Å². The first-order valence-electron chi connectivity index (χ1n) is 12.6. The van der Waals surface area contributed by atoms with Crippen LogP contribution in [0.5, 0.6) is 5.75 Å². The van der Waals surface area contributed by atoms with Crippen LogP contribution in [0.3, 0.4) is 0 Å². The zero-order valence-corrected chi connectivity index (χ0v) is 23.0. The fraction of sp³-hybridized carbons (Fsp3) is 0.345. The molecule has 0 bridgehead atoms. The molecule has 8 nitrogen and oxygen atoms in total. The molecule has 1 aliphatic heterocycles. The standard InChI is InChI=1S/C29H35N3O5S/c1-20-18-32(21(2)17-31(20)19-22-8-10-24(11-9-22)29(34)35)28(25-6-5-7-26(33)16-25)23-12-14-27(15-13-23)38(36,37)30(3)4/h5-16,20-21,28,33H,17-19H2,1-4H3,(H,34,35)/t20-,21+,28?/m0/s1. The molecule has 3 aromatic rings. The van der Waals surface area contributed by atoms with Crippen molar-refractivity contribution < 1.29 is 23.4 Å². The first-order valence-corrected chi connectivity index (χ1v) is 14.0. The third-order valence-corrected chi connectivity index (χ3v) is 9.07. The van der Waals surface area contributed by atoms with Gasteiger partial charge in [0.1, 0.15) is 5.75 Å². The molecule has 1 saturated heterocycles. The van der Waals surface area contributed by atoms with E-state index in [1.807, 2.05) is 36.4 Å². The lowest BCUT2D eigenvalue weighted by Gasteiger charge is -2.47. The van der Waals surface area contributed by atoms with Gasteiger partial charge in [-0.1, -0.05) is 36.4 Å². The molecular formula is C29H35N3O5S. The van der Waals surface area contributed by atoms with Crippen LogP contribution in [0.4, 0.5) is 0 Å². The Morgan fingerprint density at radius 2 is 1.61 bits per heavy atom. The van der Waals surface area contributed by atoms with Gasteiger partial charge >= 0.3 is 5.97 Å². The summed E-state index contributed by atoms with van der Waals surface area (Å²) in [7, 11) is -0.508. The summed E-state index contributed by atoms with van der Waals surface area (Å²) in [5.41, 5.74) is 3.22. The number of piperazine rings is 1. The van der Waals surface area contributed by atoms with E-state index < -0.39 is 16.0 Å². The SMILES string of the molecule is C[C@@H]1CN(Cc2ccc(C(=O)O)cc2)[C@@H](C)CN1C(c1ccc(S(=O)(=O)N(C)C)cc1)c1cccc(O)c1. The average Bonchev–Trinajstić information content (AvgIpc) is 2.87. The summed E-state index contributed by atoms with van der Waals surface area (Å²) in [6, 6.07) is 21.4. The minimum atomic E-state index is -3.54. The monoisotopic (exact) mass is 537 g/mol. The fourth-order valence-electron chi connectivity index (χ4n) is 5.10. The van der Waals surface area contributed by atoms with Gasteiger partial charge in [0.2, 0.25) is 10.0 Å². The molecule has 1 unspecified atom stereocenters. The first kappa shape index (κ1) is 27.8. The maximum absolute atomic E-state index is 12.6. The molecule has 0 amide bonds. The molecule has 0 aromatic heterocycles. The largest absolute Gasteiger partial charge is 0.508 e. The lowest BCUT2D eigenvalue weighted by molar-refractivity contribution is 0.0195. The predicted octanol–water partition coefficient (Wildman–Crippen LogP) is 4.02. The predicted molar refractivity (Wildman–Crippen MR) is 147 cm³/mol. The molecule has 3 atom stereocenters. The summed E-state index contributed by atoms with van der Waals surface area (Å²) in [4.78, 5) is 16.2. The number of aromatic carboxylic acids is 1. The van der Waals surface area contributed by atoms with Gasteiger partial charge in [-0.05, 0) is 66.9 Å². The number of hydrogen-bond donors (Lipinski definition) is 2. The summed E-state index contributed by atoms with van der Waals surface area (Å²) in [5.74, 6) is -0.749. The lowest BCUT2D eigenvalue weighted by Crippen LogP contribution is -2.56. The molecule has 3 aromatic carbocycles. The van der Waals surface area contributed by atoms with Gasteiger partial charge in [-0.3, -0.25) is 9.80 Å². The minimum absolute atomic E-state index is 0.155. The van der Waals surface area contributed by atoms with Crippen LogP contribution in [0.25, 0.3) is 0 Å². The molecule has 9 heteroatoms. The molecule has 0 spiro atoms. The van der Waals surface area contributed by atoms with Crippen LogP contribution < -0.4 is 0 Å². The van der Waals surface area contributed by atoms with E-state index in [1.165, 1.54) is 18.4 Å². The van der Waals surface area contributed by atoms with Crippen molar-refractivity contribution in [3.05, 3.63) is 95.1 Å². The Bertz CT molecular complexity index is 1370. The molecule has 0 aliphatic carbocycles. The van der Waals surface area contributed by atoms with Gasteiger partial charge in [0, 0.05) is 45.8 Å². The molecular weight excluding hydrogens is 502 g/mol. The summed E-state index contributed by atoms with van der Waals surface area (Å²) >= 11 is 0. The van der Waals surface area contributed by atoms with Crippen LogP contribution in [-0.2, 0) is 16.6 Å². The molecule has 2 N–H and O–H groups in total. The third-order valence-electron chi connectivity index (χ3n) is 7.24. The van der Waals surface area contributed by atoms with Crippen LogP contribution in [-0.4, -0.2) is 78.0 Å². The highest BCUT2D eigenvalue weighted by atomic mass is 32.2. The quantitative estimate of drug-likeness (QED) is 0.448. The maximum Gasteiger partial charge on any atom is 0.335 e. The average molecular weight is 538 g/mol. The van der Waals surface area contributed by atoms with Crippen molar-refractivity contribution >= 4 is 16.0 Å². The van der Waals surface area contributed by atoms with E-state index in [1.54, 1.807) is 36.4 Å². The highest BCUT2D eigenvalue weighted by Crippen LogP contribution is 2.35. The topological polar surface area (TPSA) is 101 Å². The number of phenols is 1. The third kappa shape index (κ3) is 5.91. The van der Waals surface area contributed by atoms with Crippen LogP contribution in [0.1, 0.15) is 46.9 Å². The molecule has 1 fully saturated rings. The van der Waals surface area contributed by atoms with E-state index in [9.17, 15) is 23.4 Å². The zero-order valence-electron chi connectivity index (χ0n) is 22.2. The van der Waals surface area contributed by atoms with Crippen LogP contribution >= 0.6 is 0 Å². The molecule has 38 heavy (non-hydrogen) atoms. The van der Waals surface area contributed by atoms with Crippen molar-refractivity contribution in [2.75, 3.05) is 27.2 Å². The lowest BCUT2D eigenvalue weighted by atomic mass is 9.93. The second-order valence-corrected chi connectivity index (χ2v) is 12.3. The van der Waals surface area contributed by atoms with Crippen molar-refractivity contribution in [3.8, 4) is 5.75 Å². The Labute approximate surface area is 224 Å². The molecule has 0 saturated carbocycles. The number of rotatable bonds is 8. The number of carboxylic acids is 1. The second-order valence-electron chi connectivity index (χ2n) is 10.2. The van der Waals surface area contributed by atoms with Crippen molar-refractivity contribution in [2.24, 2.45) is 0 Å².